The maximum atomic E-state index is 11.3. The number of fused-ring (bicyclic) bond motifs is 1. The summed E-state index contributed by atoms with van der Waals surface area (Å²) in [5, 5.41) is 18.3. The van der Waals surface area contributed by atoms with E-state index in [9.17, 15) is 9.90 Å². The Morgan fingerprint density at radius 1 is 1.53 bits per heavy atom. The molecule has 1 aliphatic heterocycles. The fourth-order valence-electron chi connectivity index (χ4n) is 2.38. The summed E-state index contributed by atoms with van der Waals surface area (Å²) in [6, 6.07) is 9.91. The molecule has 0 saturated heterocycles. The van der Waals surface area contributed by atoms with Crippen molar-refractivity contribution in [2.24, 2.45) is 5.41 Å². The molecular weight excluding hydrogens is 240 g/mol. The van der Waals surface area contributed by atoms with Gasteiger partial charge in [-0.2, -0.15) is 5.26 Å². The number of carboxylic acids is 1. The van der Waals surface area contributed by atoms with Gasteiger partial charge in [0.25, 0.3) is 0 Å². The Hall–Kier alpha value is -2.02. The smallest absolute Gasteiger partial charge is 0.312 e. The van der Waals surface area contributed by atoms with Gasteiger partial charge < -0.3 is 10.0 Å². The predicted molar refractivity (Wildman–Crippen MR) is 73.0 cm³/mol. The molecule has 1 heterocycles. The van der Waals surface area contributed by atoms with Crippen LogP contribution in [0, 0.1) is 16.7 Å². The third-order valence-corrected chi connectivity index (χ3v) is 3.66. The molecule has 1 aromatic carbocycles. The van der Waals surface area contributed by atoms with E-state index in [2.05, 4.69) is 11.0 Å². The quantitative estimate of drug-likeness (QED) is 0.901. The lowest BCUT2D eigenvalue weighted by Gasteiger charge is -2.23. The first-order valence-corrected chi connectivity index (χ1v) is 6.42. The number of carboxylic acid groups (broad SMARTS) is 1. The van der Waals surface area contributed by atoms with Crippen LogP contribution in [0.15, 0.2) is 24.3 Å². The van der Waals surface area contributed by atoms with Gasteiger partial charge in [0.1, 0.15) is 5.92 Å². The molecule has 0 saturated carbocycles. The lowest BCUT2D eigenvalue weighted by molar-refractivity contribution is -0.138. The van der Waals surface area contributed by atoms with Gasteiger partial charge in [0.2, 0.25) is 0 Å². The third kappa shape index (κ3) is 2.70. The summed E-state index contributed by atoms with van der Waals surface area (Å²) < 4.78 is 0. The monoisotopic (exact) mass is 258 g/mol. The van der Waals surface area contributed by atoms with Gasteiger partial charge in [-0.25, -0.2) is 0 Å². The highest BCUT2D eigenvalue weighted by Crippen LogP contribution is 2.37. The lowest BCUT2D eigenvalue weighted by Crippen LogP contribution is -2.28. The molecule has 0 fully saturated rings. The van der Waals surface area contributed by atoms with Crippen molar-refractivity contribution >= 4 is 11.7 Å². The molecule has 0 amide bonds. The van der Waals surface area contributed by atoms with Crippen molar-refractivity contribution in [3.05, 3.63) is 29.8 Å². The van der Waals surface area contributed by atoms with E-state index in [1.165, 1.54) is 0 Å². The fraction of sp³-hybridized carbons (Fsp3) is 0.467. The van der Waals surface area contributed by atoms with E-state index >= 15 is 0 Å². The zero-order valence-electron chi connectivity index (χ0n) is 11.3. The number of rotatable bonds is 4. The minimum atomic E-state index is -0.783. The molecule has 0 radical (unpaired) electrons. The molecule has 1 atom stereocenters. The van der Waals surface area contributed by atoms with E-state index in [-0.39, 0.29) is 5.41 Å². The summed E-state index contributed by atoms with van der Waals surface area (Å²) in [6.45, 7) is 5.02. The van der Waals surface area contributed by atoms with Crippen LogP contribution in [0.3, 0.4) is 0 Å². The van der Waals surface area contributed by atoms with Crippen LogP contribution in [-0.2, 0) is 4.79 Å². The van der Waals surface area contributed by atoms with Crippen molar-refractivity contribution in [2.75, 3.05) is 18.0 Å². The summed E-state index contributed by atoms with van der Waals surface area (Å²) in [5.74, 6) is -1.24. The average molecular weight is 258 g/mol. The number of nitriles is 1. The maximum Gasteiger partial charge on any atom is 0.312 e. The Balaban J connectivity index is 2.17. The maximum absolute atomic E-state index is 11.3. The summed E-state index contributed by atoms with van der Waals surface area (Å²) in [4.78, 5) is 13.4. The van der Waals surface area contributed by atoms with Gasteiger partial charge in [-0.1, -0.05) is 18.2 Å². The highest BCUT2D eigenvalue weighted by atomic mass is 16.4. The SMILES string of the molecule is CC(C)(C#N)CCN1CC(C(=O)O)c2ccccc21. The molecule has 1 N–H and O–H groups in total. The van der Waals surface area contributed by atoms with E-state index in [0.29, 0.717) is 13.1 Å². The summed E-state index contributed by atoms with van der Waals surface area (Å²) in [7, 11) is 0. The second kappa shape index (κ2) is 4.93. The van der Waals surface area contributed by atoms with Crippen molar-refractivity contribution < 1.29 is 9.90 Å². The Kier molecular flexibility index (Phi) is 3.48. The zero-order valence-corrected chi connectivity index (χ0v) is 11.3. The fourth-order valence-corrected chi connectivity index (χ4v) is 2.38. The van der Waals surface area contributed by atoms with Crippen LogP contribution >= 0.6 is 0 Å². The van der Waals surface area contributed by atoms with E-state index in [1.807, 2.05) is 38.1 Å². The van der Waals surface area contributed by atoms with Crippen LogP contribution < -0.4 is 4.90 Å². The Morgan fingerprint density at radius 3 is 2.84 bits per heavy atom. The van der Waals surface area contributed by atoms with Crippen molar-refractivity contribution in [3.63, 3.8) is 0 Å². The molecule has 100 valence electrons. The van der Waals surface area contributed by atoms with Crippen molar-refractivity contribution in [3.8, 4) is 6.07 Å². The number of para-hydroxylation sites is 1. The van der Waals surface area contributed by atoms with Gasteiger partial charge in [0.15, 0.2) is 0 Å². The Labute approximate surface area is 113 Å². The largest absolute Gasteiger partial charge is 0.481 e. The summed E-state index contributed by atoms with van der Waals surface area (Å²) in [5.41, 5.74) is 1.49. The molecule has 1 aromatic rings. The number of carbonyl (C=O) groups is 1. The highest BCUT2D eigenvalue weighted by Gasteiger charge is 2.33. The molecule has 1 aliphatic rings. The van der Waals surface area contributed by atoms with Crippen LogP contribution in [0.25, 0.3) is 0 Å². The molecule has 2 rings (SSSR count). The molecular formula is C15H18N2O2. The molecule has 4 nitrogen and oxygen atoms in total. The van der Waals surface area contributed by atoms with Gasteiger partial charge in [-0.3, -0.25) is 4.79 Å². The Morgan fingerprint density at radius 2 is 2.21 bits per heavy atom. The van der Waals surface area contributed by atoms with Crippen LogP contribution in [-0.4, -0.2) is 24.2 Å². The zero-order chi connectivity index (χ0) is 14.0. The van der Waals surface area contributed by atoms with Gasteiger partial charge >= 0.3 is 5.97 Å². The number of aliphatic carboxylic acids is 1. The molecule has 0 aliphatic carbocycles. The number of hydrogen-bond acceptors (Lipinski definition) is 3. The van der Waals surface area contributed by atoms with E-state index in [1.54, 1.807) is 0 Å². The molecule has 19 heavy (non-hydrogen) atoms. The standard InChI is InChI=1S/C15H18N2O2/c1-15(2,10-16)7-8-17-9-12(14(18)19)11-5-3-4-6-13(11)17/h3-6,12H,7-9H2,1-2H3,(H,18,19). The Bertz CT molecular complexity index is 531. The van der Waals surface area contributed by atoms with Crippen LogP contribution in [0.5, 0.6) is 0 Å². The molecule has 4 heteroatoms. The van der Waals surface area contributed by atoms with E-state index in [0.717, 1.165) is 17.7 Å². The van der Waals surface area contributed by atoms with Gasteiger partial charge in [0, 0.05) is 18.8 Å². The van der Waals surface area contributed by atoms with Crippen molar-refractivity contribution in [2.45, 2.75) is 26.2 Å². The second-order valence-corrected chi connectivity index (χ2v) is 5.64. The van der Waals surface area contributed by atoms with Gasteiger partial charge in [0.05, 0.1) is 11.5 Å². The third-order valence-electron chi connectivity index (χ3n) is 3.66. The minimum Gasteiger partial charge on any atom is -0.481 e. The van der Waals surface area contributed by atoms with Crippen LogP contribution in [0.4, 0.5) is 5.69 Å². The number of nitrogens with zero attached hydrogens (tertiary/aromatic N) is 2. The number of benzene rings is 1. The molecule has 0 spiro atoms. The lowest BCUT2D eigenvalue weighted by atomic mass is 9.91. The minimum absolute atomic E-state index is 0.379. The number of anilines is 1. The second-order valence-electron chi connectivity index (χ2n) is 5.64. The van der Waals surface area contributed by atoms with Crippen LogP contribution in [0.1, 0.15) is 31.7 Å². The van der Waals surface area contributed by atoms with Crippen LogP contribution in [0.2, 0.25) is 0 Å². The van der Waals surface area contributed by atoms with Gasteiger partial charge in [-0.15, -0.1) is 0 Å². The molecule has 0 bridgehead atoms. The highest BCUT2D eigenvalue weighted by molar-refractivity contribution is 5.82. The first-order valence-electron chi connectivity index (χ1n) is 6.42. The normalized spacial score (nSPS) is 17.9. The van der Waals surface area contributed by atoms with Crippen molar-refractivity contribution in [1.29, 1.82) is 5.26 Å². The average Bonchev–Trinajstić information content (AvgIpc) is 2.76. The first-order chi connectivity index (χ1) is 8.94. The molecule has 0 aromatic heterocycles. The number of hydrogen-bond donors (Lipinski definition) is 1. The van der Waals surface area contributed by atoms with E-state index in [4.69, 9.17) is 5.26 Å². The van der Waals surface area contributed by atoms with E-state index < -0.39 is 11.9 Å². The summed E-state index contributed by atoms with van der Waals surface area (Å²) >= 11 is 0. The summed E-state index contributed by atoms with van der Waals surface area (Å²) in [6.07, 6.45) is 0.726. The van der Waals surface area contributed by atoms with Gasteiger partial charge in [-0.05, 0) is 31.9 Å². The predicted octanol–water partition coefficient (Wildman–Crippen LogP) is 2.61. The molecule has 1 unspecified atom stereocenters. The van der Waals surface area contributed by atoms with Crippen molar-refractivity contribution in [1.82, 2.24) is 0 Å². The topological polar surface area (TPSA) is 64.3 Å². The first kappa shape index (κ1) is 13.4.